The number of halogens is 1. The molecule has 0 N–H and O–H groups in total. The van der Waals surface area contributed by atoms with Gasteiger partial charge in [0.25, 0.3) is 0 Å². The fourth-order valence-electron chi connectivity index (χ4n) is 2.81. The van der Waals surface area contributed by atoms with Crippen molar-refractivity contribution in [2.75, 3.05) is 19.8 Å². The maximum absolute atomic E-state index is 6.43. The Kier molecular flexibility index (Phi) is 4.19. The van der Waals surface area contributed by atoms with E-state index in [9.17, 15) is 0 Å². The average molecular weight is 327 g/mol. The van der Waals surface area contributed by atoms with Crippen LogP contribution in [0, 0.1) is 13.8 Å². The fraction of sp³-hybridized carbons (Fsp3) is 0.600. The lowest BCUT2D eigenvalue weighted by molar-refractivity contribution is -0.117. The zero-order valence-electron chi connectivity index (χ0n) is 12.5. The van der Waals surface area contributed by atoms with Crippen LogP contribution in [0.25, 0.3) is 10.2 Å². The number of thiophene rings is 1. The third kappa shape index (κ3) is 2.57. The van der Waals surface area contributed by atoms with Gasteiger partial charge >= 0.3 is 0 Å². The Morgan fingerprint density at radius 2 is 2.00 bits per heavy atom. The van der Waals surface area contributed by atoms with Crippen LogP contribution >= 0.6 is 22.9 Å². The summed E-state index contributed by atoms with van der Waals surface area (Å²) in [5, 5.41) is 1.50. The molecular weight excluding hydrogens is 308 g/mol. The summed E-state index contributed by atoms with van der Waals surface area (Å²) in [5.74, 6) is 0.700. The van der Waals surface area contributed by atoms with Crippen molar-refractivity contribution >= 4 is 33.2 Å². The summed E-state index contributed by atoms with van der Waals surface area (Å²) in [7, 11) is 0. The molecule has 0 aromatic carbocycles. The predicted molar refractivity (Wildman–Crippen MR) is 85.3 cm³/mol. The van der Waals surface area contributed by atoms with Gasteiger partial charge in [-0.1, -0.05) is 11.6 Å². The van der Waals surface area contributed by atoms with Crippen LogP contribution in [-0.2, 0) is 15.1 Å². The monoisotopic (exact) mass is 326 g/mol. The highest BCUT2D eigenvalue weighted by molar-refractivity contribution is 7.18. The van der Waals surface area contributed by atoms with Crippen LogP contribution in [0.1, 0.15) is 36.0 Å². The second-order valence-corrected chi connectivity index (χ2v) is 6.90. The van der Waals surface area contributed by atoms with Crippen molar-refractivity contribution in [2.24, 2.45) is 0 Å². The lowest BCUT2D eigenvalue weighted by atomic mass is 9.93. The smallest absolute Gasteiger partial charge is 0.163 e. The Labute approximate surface area is 133 Å². The van der Waals surface area contributed by atoms with Gasteiger partial charge in [0.1, 0.15) is 15.6 Å². The number of aryl methyl sites for hydroxylation is 2. The molecule has 0 amide bonds. The molecule has 0 radical (unpaired) electrons. The first kappa shape index (κ1) is 15.2. The first-order valence-corrected chi connectivity index (χ1v) is 8.42. The van der Waals surface area contributed by atoms with Gasteiger partial charge in [-0.15, -0.1) is 11.3 Å². The minimum Gasteiger partial charge on any atom is -0.381 e. The number of aromatic nitrogens is 2. The molecule has 3 heterocycles. The van der Waals surface area contributed by atoms with Gasteiger partial charge in [0.05, 0.1) is 5.39 Å². The van der Waals surface area contributed by atoms with E-state index in [2.05, 4.69) is 18.8 Å². The van der Waals surface area contributed by atoms with E-state index in [1.807, 2.05) is 6.92 Å². The number of nitrogens with zero attached hydrogens (tertiary/aromatic N) is 2. The first-order chi connectivity index (χ1) is 10.1. The van der Waals surface area contributed by atoms with E-state index in [4.69, 9.17) is 26.1 Å². The summed E-state index contributed by atoms with van der Waals surface area (Å²) >= 11 is 8.10. The van der Waals surface area contributed by atoms with Gasteiger partial charge in [-0.2, -0.15) is 0 Å². The van der Waals surface area contributed by atoms with E-state index in [1.165, 1.54) is 10.4 Å². The minimum atomic E-state index is -0.462. The summed E-state index contributed by atoms with van der Waals surface area (Å²) in [6, 6.07) is 0. The van der Waals surface area contributed by atoms with Crippen LogP contribution in [0.15, 0.2) is 0 Å². The quantitative estimate of drug-likeness (QED) is 0.800. The van der Waals surface area contributed by atoms with E-state index < -0.39 is 5.60 Å². The molecule has 0 atom stereocenters. The van der Waals surface area contributed by atoms with Crippen LogP contribution in [0.2, 0.25) is 5.15 Å². The Hall–Kier alpha value is -0.750. The molecule has 1 saturated heterocycles. The summed E-state index contributed by atoms with van der Waals surface area (Å²) in [6.07, 6.45) is 1.54. The molecule has 2 aromatic heterocycles. The molecule has 0 aliphatic carbocycles. The lowest BCUT2D eigenvalue weighted by Crippen LogP contribution is -2.38. The van der Waals surface area contributed by atoms with Crippen LogP contribution in [-0.4, -0.2) is 29.8 Å². The largest absolute Gasteiger partial charge is 0.381 e. The van der Waals surface area contributed by atoms with Crippen molar-refractivity contribution < 1.29 is 9.47 Å². The third-order valence-corrected chi connectivity index (χ3v) is 5.49. The summed E-state index contributed by atoms with van der Waals surface area (Å²) in [5.41, 5.74) is 0.709. The first-order valence-electron chi connectivity index (χ1n) is 7.23. The van der Waals surface area contributed by atoms with Crippen molar-refractivity contribution in [3.8, 4) is 0 Å². The Bertz CT molecular complexity index is 660. The van der Waals surface area contributed by atoms with Gasteiger partial charge in [-0.3, -0.25) is 0 Å². The van der Waals surface area contributed by atoms with Crippen molar-refractivity contribution in [2.45, 2.75) is 39.2 Å². The van der Waals surface area contributed by atoms with E-state index in [0.29, 0.717) is 30.8 Å². The van der Waals surface area contributed by atoms with Crippen LogP contribution in [0.4, 0.5) is 0 Å². The zero-order chi connectivity index (χ0) is 15.0. The molecule has 21 heavy (non-hydrogen) atoms. The summed E-state index contributed by atoms with van der Waals surface area (Å²) in [4.78, 5) is 11.5. The molecular formula is C15H19ClN2O2S. The van der Waals surface area contributed by atoms with Gasteiger partial charge in [0, 0.05) is 37.5 Å². The predicted octanol–water partition coefficient (Wildman–Crippen LogP) is 4.00. The van der Waals surface area contributed by atoms with E-state index >= 15 is 0 Å². The molecule has 0 saturated carbocycles. The number of rotatable bonds is 3. The third-order valence-electron chi connectivity index (χ3n) is 4.11. The van der Waals surface area contributed by atoms with Crippen molar-refractivity contribution in [3.05, 3.63) is 21.4 Å². The van der Waals surface area contributed by atoms with Gasteiger partial charge in [0.2, 0.25) is 0 Å². The average Bonchev–Trinajstić information content (AvgIpc) is 2.76. The Morgan fingerprint density at radius 3 is 2.67 bits per heavy atom. The Morgan fingerprint density at radius 1 is 1.29 bits per heavy atom. The molecule has 2 aromatic rings. The van der Waals surface area contributed by atoms with Gasteiger partial charge in [0.15, 0.2) is 5.82 Å². The molecule has 4 nitrogen and oxygen atoms in total. The normalized spacial score (nSPS) is 18.3. The molecule has 3 rings (SSSR count). The van der Waals surface area contributed by atoms with Crippen molar-refractivity contribution in [3.63, 3.8) is 0 Å². The standard InChI is InChI=1S/C15H19ClN2O2S/c1-4-20-15(5-7-19-8-6-15)14-17-12(16)11-9(2)10(3)21-13(11)18-14/h4-8H2,1-3H3. The van der Waals surface area contributed by atoms with Crippen LogP contribution in [0.3, 0.4) is 0 Å². The topological polar surface area (TPSA) is 44.2 Å². The van der Waals surface area contributed by atoms with Crippen LogP contribution < -0.4 is 0 Å². The van der Waals surface area contributed by atoms with Crippen molar-refractivity contribution in [1.82, 2.24) is 9.97 Å². The number of fused-ring (bicyclic) bond motifs is 1. The highest BCUT2D eigenvalue weighted by Gasteiger charge is 2.39. The number of hydrogen-bond donors (Lipinski definition) is 0. The van der Waals surface area contributed by atoms with Gasteiger partial charge in [-0.05, 0) is 26.3 Å². The van der Waals surface area contributed by atoms with Crippen LogP contribution in [0.5, 0.6) is 0 Å². The lowest BCUT2D eigenvalue weighted by Gasteiger charge is -2.35. The zero-order valence-corrected chi connectivity index (χ0v) is 14.1. The minimum absolute atomic E-state index is 0.462. The SMILES string of the molecule is CCOC1(c2nc(Cl)c3c(C)c(C)sc3n2)CCOCC1. The highest BCUT2D eigenvalue weighted by Crippen LogP contribution is 2.39. The summed E-state index contributed by atoms with van der Waals surface area (Å²) < 4.78 is 11.5. The van der Waals surface area contributed by atoms with E-state index in [1.54, 1.807) is 11.3 Å². The Balaban J connectivity index is 2.14. The van der Waals surface area contributed by atoms with E-state index in [0.717, 1.165) is 23.1 Å². The number of ether oxygens (including phenoxy) is 2. The van der Waals surface area contributed by atoms with E-state index in [-0.39, 0.29) is 0 Å². The van der Waals surface area contributed by atoms with Gasteiger partial charge in [-0.25, -0.2) is 9.97 Å². The molecule has 0 bridgehead atoms. The molecule has 0 spiro atoms. The molecule has 114 valence electrons. The molecule has 6 heteroatoms. The van der Waals surface area contributed by atoms with Gasteiger partial charge < -0.3 is 9.47 Å². The number of hydrogen-bond acceptors (Lipinski definition) is 5. The second kappa shape index (κ2) is 5.80. The second-order valence-electron chi connectivity index (χ2n) is 5.34. The maximum atomic E-state index is 6.43. The molecule has 1 aliphatic heterocycles. The maximum Gasteiger partial charge on any atom is 0.163 e. The molecule has 1 aliphatic rings. The molecule has 1 fully saturated rings. The molecule has 0 unspecified atom stereocenters. The van der Waals surface area contributed by atoms with Crippen molar-refractivity contribution in [1.29, 1.82) is 0 Å². The summed E-state index contributed by atoms with van der Waals surface area (Å²) in [6.45, 7) is 8.11. The highest BCUT2D eigenvalue weighted by atomic mass is 35.5. The fourth-order valence-corrected chi connectivity index (χ4v) is 4.21.